The monoisotopic (exact) mass is 297 g/mol. The van der Waals surface area contributed by atoms with Crippen LogP contribution in [0.3, 0.4) is 0 Å². The number of hydrogen-bond acceptors (Lipinski definition) is 5. The molecule has 0 saturated carbocycles. The van der Waals surface area contributed by atoms with E-state index in [0.29, 0.717) is 0 Å². The molecule has 0 aromatic heterocycles. The van der Waals surface area contributed by atoms with Gasteiger partial charge in [-0.25, -0.2) is 22.7 Å². The van der Waals surface area contributed by atoms with E-state index in [1.807, 2.05) is 5.32 Å². The Morgan fingerprint density at radius 3 is 2.16 bits per heavy atom. The van der Waals surface area contributed by atoms with Gasteiger partial charge in [0.2, 0.25) is 10.0 Å². The first-order valence-electron chi connectivity index (χ1n) is 5.05. The average Bonchev–Trinajstić information content (AvgIpc) is 2.21. The molecular weight excluding hydrogens is 282 g/mol. The summed E-state index contributed by atoms with van der Waals surface area (Å²) in [6.07, 6.45) is 0.185. The van der Waals surface area contributed by atoms with Crippen LogP contribution in [0.25, 0.3) is 0 Å². The van der Waals surface area contributed by atoms with Gasteiger partial charge in [-0.2, -0.15) is 0 Å². The Hall–Kier alpha value is -1.88. The lowest BCUT2D eigenvalue weighted by Crippen LogP contribution is -2.48. The third-order valence-electron chi connectivity index (χ3n) is 1.76. The molecule has 0 radical (unpaired) electrons. The van der Waals surface area contributed by atoms with Gasteiger partial charge in [-0.3, -0.25) is 4.79 Å². The van der Waals surface area contributed by atoms with E-state index < -0.39 is 40.5 Å². The third-order valence-corrected chi connectivity index (χ3v) is 2.49. The summed E-state index contributed by atoms with van der Waals surface area (Å²) >= 11 is 0. The number of urea groups is 1. The van der Waals surface area contributed by atoms with E-state index in [-0.39, 0.29) is 13.1 Å². The Morgan fingerprint density at radius 1 is 1.16 bits per heavy atom. The van der Waals surface area contributed by atoms with Gasteiger partial charge in [-0.15, -0.1) is 0 Å². The van der Waals surface area contributed by atoms with Crippen molar-refractivity contribution in [3.63, 3.8) is 0 Å². The number of carboxylic acid groups (broad SMARTS) is 2. The predicted molar refractivity (Wildman–Crippen MR) is 63.1 cm³/mol. The molecule has 0 aliphatic rings. The molecule has 11 heteroatoms. The highest BCUT2D eigenvalue weighted by atomic mass is 32.2. The molecule has 0 spiro atoms. The highest BCUT2D eigenvalue weighted by Gasteiger charge is 2.22. The Kier molecular flexibility index (Phi) is 6.79. The number of nitrogens with one attached hydrogen (secondary N) is 3. The fourth-order valence-corrected chi connectivity index (χ4v) is 1.47. The zero-order valence-corrected chi connectivity index (χ0v) is 10.9. The van der Waals surface area contributed by atoms with Crippen LogP contribution in [-0.2, 0) is 19.6 Å². The summed E-state index contributed by atoms with van der Waals surface area (Å²) in [5.74, 6) is -2.85. The molecule has 0 heterocycles. The minimum atomic E-state index is -3.37. The highest BCUT2D eigenvalue weighted by Crippen LogP contribution is 1.92. The molecule has 0 aliphatic heterocycles. The molecule has 2 amide bonds. The standard InChI is InChI=1S/C8H15N3O7S/c1-19(17,18)10-3-2-9-8(16)11-5(7(14)15)4-6(12)13/h5,10H,2-4H2,1H3,(H,12,13)(H,14,15)(H2,9,11,16)/t5-/m0/s1. The van der Waals surface area contributed by atoms with Gasteiger partial charge < -0.3 is 20.8 Å². The molecule has 10 nitrogen and oxygen atoms in total. The number of amides is 2. The molecule has 5 N–H and O–H groups in total. The molecule has 110 valence electrons. The van der Waals surface area contributed by atoms with Crippen LogP contribution in [0.5, 0.6) is 0 Å². The Balaban J connectivity index is 4.07. The summed E-state index contributed by atoms with van der Waals surface area (Å²) in [4.78, 5) is 32.2. The Morgan fingerprint density at radius 2 is 1.74 bits per heavy atom. The maximum absolute atomic E-state index is 11.2. The maximum atomic E-state index is 11.2. The summed E-state index contributed by atoms with van der Waals surface area (Å²) in [7, 11) is -3.37. The first-order chi connectivity index (χ1) is 8.61. The Bertz CT molecular complexity index is 447. The van der Waals surface area contributed by atoms with E-state index in [2.05, 4.69) is 10.0 Å². The lowest BCUT2D eigenvalue weighted by molar-refractivity contribution is -0.145. The summed E-state index contributed by atoms with van der Waals surface area (Å²) in [6.45, 7) is -0.138. The third kappa shape index (κ3) is 9.79. The number of hydrogen-bond donors (Lipinski definition) is 5. The first-order valence-corrected chi connectivity index (χ1v) is 6.94. The number of carboxylic acids is 2. The van der Waals surface area contributed by atoms with Gasteiger partial charge in [0.05, 0.1) is 12.7 Å². The number of aliphatic carboxylic acids is 2. The van der Waals surface area contributed by atoms with Crippen molar-refractivity contribution in [3.8, 4) is 0 Å². The topological polar surface area (TPSA) is 162 Å². The lowest BCUT2D eigenvalue weighted by Gasteiger charge is -2.13. The molecule has 0 fully saturated rings. The zero-order chi connectivity index (χ0) is 15.1. The molecule has 1 atom stereocenters. The van der Waals surface area contributed by atoms with Crippen LogP contribution in [0.15, 0.2) is 0 Å². The molecule has 19 heavy (non-hydrogen) atoms. The first kappa shape index (κ1) is 17.1. The van der Waals surface area contributed by atoms with E-state index in [1.165, 1.54) is 0 Å². The molecule has 0 rings (SSSR count). The van der Waals surface area contributed by atoms with Crippen LogP contribution in [-0.4, -0.2) is 62.0 Å². The number of carbonyl (C=O) groups excluding carboxylic acids is 1. The van der Waals surface area contributed by atoms with E-state index >= 15 is 0 Å². The summed E-state index contributed by atoms with van der Waals surface area (Å²) in [5, 5.41) is 21.2. The van der Waals surface area contributed by atoms with E-state index in [4.69, 9.17) is 10.2 Å². The molecular formula is C8H15N3O7S. The van der Waals surface area contributed by atoms with Crippen molar-refractivity contribution in [1.29, 1.82) is 0 Å². The van der Waals surface area contributed by atoms with Crippen LogP contribution in [0.2, 0.25) is 0 Å². The number of carbonyl (C=O) groups is 3. The van der Waals surface area contributed by atoms with Crippen molar-refractivity contribution in [2.45, 2.75) is 12.5 Å². The fourth-order valence-electron chi connectivity index (χ4n) is 0.996. The van der Waals surface area contributed by atoms with Crippen LogP contribution in [0.1, 0.15) is 6.42 Å². The van der Waals surface area contributed by atoms with Crippen LogP contribution >= 0.6 is 0 Å². The average molecular weight is 297 g/mol. The van der Waals surface area contributed by atoms with Crippen LogP contribution < -0.4 is 15.4 Å². The van der Waals surface area contributed by atoms with Gasteiger partial charge in [0.15, 0.2) is 0 Å². The number of rotatable bonds is 8. The molecule has 0 bridgehead atoms. The number of sulfonamides is 1. The van der Waals surface area contributed by atoms with Crippen molar-refractivity contribution in [2.75, 3.05) is 19.3 Å². The van der Waals surface area contributed by atoms with Gasteiger partial charge in [0.1, 0.15) is 6.04 Å². The van der Waals surface area contributed by atoms with Crippen molar-refractivity contribution in [1.82, 2.24) is 15.4 Å². The van der Waals surface area contributed by atoms with Gasteiger partial charge in [-0.05, 0) is 0 Å². The SMILES string of the molecule is CS(=O)(=O)NCCNC(=O)N[C@@H](CC(=O)O)C(=O)O. The summed E-state index contributed by atoms with van der Waals surface area (Å²) in [6, 6.07) is -2.45. The van der Waals surface area contributed by atoms with E-state index in [1.54, 1.807) is 0 Å². The normalized spacial score (nSPS) is 12.5. The van der Waals surface area contributed by atoms with Gasteiger partial charge >= 0.3 is 18.0 Å². The van der Waals surface area contributed by atoms with Crippen molar-refractivity contribution >= 4 is 28.0 Å². The van der Waals surface area contributed by atoms with Gasteiger partial charge in [-0.1, -0.05) is 0 Å². The molecule has 0 saturated heterocycles. The second-order valence-corrected chi connectivity index (χ2v) is 5.39. The van der Waals surface area contributed by atoms with Gasteiger partial charge in [0.25, 0.3) is 0 Å². The maximum Gasteiger partial charge on any atom is 0.326 e. The van der Waals surface area contributed by atoms with E-state index in [9.17, 15) is 22.8 Å². The van der Waals surface area contributed by atoms with Crippen molar-refractivity contribution in [3.05, 3.63) is 0 Å². The van der Waals surface area contributed by atoms with Gasteiger partial charge in [0, 0.05) is 13.1 Å². The predicted octanol–water partition coefficient (Wildman–Crippen LogP) is -2.24. The Labute approximate surface area is 109 Å². The van der Waals surface area contributed by atoms with Crippen LogP contribution in [0, 0.1) is 0 Å². The largest absolute Gasteiger partial charge is 0.481 e. The summed E-state index contributed by atoms with van der Waals surface area (Å²) < 4.78 is 23.5. The zero-order valence-electron chi connectivity index (χ0n) is 10.0. The van der Waals surface area contributed by atoms with E-state index in [0.717, 1.165) is 6.26 Å². The molecule has 0 aromatic rings. The second kappa shape index (κ2) is 7.53. The second-order valence-electron chi connectivity index (χ2n) is 3.56. The highest BCUT2D eigenvalue weighted by molar-refractivity contribution is 7.88. The minimum Gasteiger partial charge on any atom is -0.481 e. The molecule has 0 unspecified atom stereocenters. The quantitative estimate of drug-likeness (QED) is 0.316. The van der Waals surface area contributed by atoms with Crippen molar-refractivity contribution < 1.29 is 33.0 Å². The van der Waals surface area contributed by atoms with Crippen molar-refractivity contribution in [2.24, 2.45) is 0 Å². The summed E-state index contributed by atoms with van der Waals surface area (Å²) in [5.41, 5.74) is 0. The fraction of sp³-hybridized carbons (Fsp3) is 0.625. The molecule has 0 aliphatic carbocycles. The minimum absolute atomic E-state index is 0.0665. The lowest BCUT2D eigenvalue weighted by atomic mass is 10.2. The molecule has 0 aromatic carbocycles. The van der Waals surface area contributed by atoms with Crippen LogP contribution in [0.4, 0.5) is 4.79 Å². The smallest absolute Gasteiger partial charge is 0.326 e.